The van der Waals surface area contributed by atoms with Crippen molar-refractivity contribution in [3.63, 3.8) is 0 Å². The van der Waals surface area contributed by atoms with E-state index in [1.54, 1.807) is 0 Å². The second-order valence-corrected chi connectivity index (χ2v) is 7.24. The van der Waals surface area contributed by atoms with Gasteiger partial charge in [0.25, 0.3) is 0 Å². The first kappa shape index (κ1) is 18.0. The Balaban J connectivity index is 0.00000182. The molecule has 2 aliphatic rings. The first-order valence-electron chi connectivity index (χ1n) is 8.88. The number of benzene rings is 2. The van der Waals surface area contributed by atoms with Gasteiger partial charge < -0.3 is 4.74 Å². The lowest BCUT2D eigenvalue weighted by Gasteiger charge is -2.43. The van der Waals surface area contributed by atoms with E-state index in [2.05, 4.69) is 79.4 Å². The van der Waals surface area contributed by atoms with Crippen molar-refractivity contribution in [2.75, 3.05) is 19.6 Å². The Morgan fingerprint density at radius 3 is 2.60 bits per heavy atom. The van der Waals surface area contributed by atoms with E-state index in [4.69, 9.17) is 4.74 Å². The normalized spacial score (nSPS) is 24.5. The topological polar surface area (TPSA) is 12.5 Å². The molecule has 0 aromatic heterocycles. The molecule has 2 aromatic carbocycles. The molecule has 1 fully saturated rings. The summed E-state index contributed by atoms with van der Waals surface area (Å²) in [6.45, 7) is 7.50. The molecule has 3 heteroatoms. The molecule has 2 heterocycles. The van der Waals surface area contributed by atoms with E-state index in [-0.39, 0.29) is 18.0 Å². The smallest absolute Gasteiger partial charge is 0.143 e. The van der Waals surface area contributed by atoms with Crippen molar-refractivity contribution in [1.29, 1.82) is 0 Å². The van der Waals surface area contributed by atoms with Crippen molar-refractivity contribution in [2.45, 2.75) is 31.8 Å². The highest BCUT2D eigenvalue weighted by Crippen LogP contribution is 2.54. The summed E-state index contributed by atoms with van der Waals surface area (Å²) in [7, 11) is 0. The van der Waals surface area contributed by atoms with Gasteiger partial charge in [-0.1, -0.05) is 60.2 Å². The molecule has 0 unspecified atom stereocenters. The number of rotatable bonds is 3. The summed E-state index contributed by atoms with van der Waals surface area (Å²) in [5.74, 6) is 1.46. The highest BCUT2D eigenvalue weighted by atomic mass is 35.5. The standard InChI is InChI=1S/C22H25NO.ClH/c1-17(2)12-14-23-15-13-22(18-8-4-3-5-9-18)20(16-23)19-10-6-7-11-21(19)24-22;/h3-12,20H,13-16H2,1-2H3;1H/t20-,22+;/m1./s1. The van der Waals surface area contributed by atoms with E-state index in [0.29, 0.717) is 5.92 Å². The fourth-order valence-corrected chi connectivity index (χ4v) is 4.13. The van der Waals surface area contributed by atoms with E-state index < -0.39 is 0 Å². The van der Waals surface area contributed by atoms with Crippen molar-refractivity contribution < 1.29 is 4.74 Å². The summed E-state index contributed by atoms with van der Waals surface area (Å²) < 4.78 is 6.62. The number of ether oxygens (including phenoxy) is 1. The van der Waals surface area contributed by atoms with Crippen molar-refractivity contribution in [3.8, 4) is 5.75 Å². The first-order valence-corrected chi connectivity index (χ1v) is 8.88. The van der Waals surface area contributed by atoms with Crippen LogP contribution in [-0.2, 0) is 5.60 Å². The number of para-hydroxylation sites is 1. The van der Waals surface area contributed by atoms with Gasteiger partial charge in [0.15, 0.2) is 0 Å². The van der Waals surface area contributed by atoms with Crippen LogP contribution in [0.3, 0.4) is 0 Å². The minimum absolute atomic E-state index is 0. The minimum Gasteiger partial charge on any atom is -0.482 e. The van der Waals surface area contributed by atoms with Crippen LogP contribution in [-0.4, -0.2) is 24.5 Å². The molecule has 2 aliphatic heterocycles. The van der Waals surface area contributed by atoms with E-state index in [1.165, 1.54) is 16.7 Å². The number of nitrogens with zero attached hydrogens (tertiary/aromatic N) is 1. The van der Waals surface area contributed by atoms with Gasteiger partial charge in [-0.25, -0.2) is 0 Å². The number of likely N-dealkylation sites (tertiary alicyclic amines) is 1. The SMILES string of the molecule is CC(C)=CCN1CC[C@@]2(c3ccccc3)Oc3ccccc3[C@H]2C1.Cl. The monoisotopic (exact) mass is 355 g/mol. The lowest BCUT2D eigenvalue weighted by Crippen LogP contribution is -2.49. The molecule has 0 amide bonds. The molecule has 0 radical (unpaired) electrons. The summed E-state index contributed by atoms with van der Waals surface area (Å²) in [4.78, 5) is 2.56. The molecule has 0 N–H and O–H groups in total. The lowest BCUT2D eigenvalue weighted by atomic mass is 9.74. The van der Waals surface area contributed by atoms with Gasteiger partial charge in [0.05, 0.1) is 0 Å². The molecule has 1 saturated heterocycles. The molecular weight excluding hydrogens is 330 g/mol. The quantitative estimate of drug-likeness (QED) is 0.706. The summed E-state index contributed by atoms with van der Waals surface area (Å²) in [6.07, 6.45) is 3.37. The van der Waals surface area contributed by atoms with Crippen molar-refractivity contribution in [3.05, 3.63) is 77.4 Å². The third kappa shape index (κ3) is 3.21. The molecule has 0 aliphatic carbocycles. The minimum atomic E-state index is -0.202. The van der Waals surface area contributed by atoms with Crippen LogP contribution in [0.15, 0.2) is 66.2 Å². The summed E-state index contributed by atoms with van der Waals surface area (Å²) in [5, 5.41) is 0. The van der Waals surface area contributed by atoms with E-state index in [1.807, 2.05) is 0 Å². The van der Waals surface area contributed by atoms with Gasteiger partial charge in [0.2, 0.25) is 0 Å². The summed E-state index contributed by atoms with van der Waals surface area (Å²) in [5.41, 5.74) is 3.86. The molecular formula is C22H26ClNO. The Hall–Kier alpha value is -1.77. The molecule has 132 valence electrons. The molecule has 2 aromatic rings. The average Bonchev–Trinajstić information content (AvgIpc) is 2.96. The van der Waals surface area contributed by atoms with E-state index in [0.717, 1.165) is 31.8 Å². The fourth-order valence-electron chi connectivity index (χ4n) is 4.13. The van der Waals surface area contributed by atoms with Gasteiger partial charge >= 0.3 is 0 Å². The van der Waals surface area contributed by atoms with Crippen LogP contribution in [0.2, 0.25) is 0 Å². The van der Waals surface area contributed by atoms with Gasteiger partial charge in [0, 0.05) is 37.5 Å². The van der Waals surface area contributed by atoms with Crippen molar-refractivity contribution >= 4 is 12.4 Å². The van der Waals surface area contributed by atoms with Gasteiger partial charge in [-0.3, -0.25) is 4.90 Å². The van der Waals surface area contributed by atoms with E-state index in [9.17, 15) is 0 Å². The Bertz CT molecular complexity index is 754. The number of piperidine rings is 1. The molecule has 2 nitrogen and oxygen atoms in total. The zero-order valence-corrected chi connectivity index (χ0v) is 15.8. The number of allylic oxidation sites excluding steroid dienone is 1. The molecule has 0 bridgehead atoms. The van der Waals surface area contributed by atoms with Gasteiger partial charge in [-0.05, 0) is 25.5 Å². The predicted molar refractivity (Wildman–Crippen MR) is 106 cm³/mol. The maximum absolute atomic E-state index is 6.62. The zero-order chi connectivity index (χ0) is 16.6. The Labute approximate surface area is 156 Å². The fraction of sp³-hybridized carbons (Fsp3) is 0.364. The van der Waals surface area contributed by atoms with Crippen LogP contribution in [0.5, 0.6) is 5.75 Å². The third-order valence-electron chi connectivity index (χ3n) is 5.41. The number of fused-ring (bicyclic) bond motifs is 3. The molecule has 0 saturated carbocycles. The summed E-state index contributed by atoms with van der Waals surface area (Å²) >= 11 is 0. The number of hydrogen-bond donors (Lipinski definition) is 0. The second-order valence-electron chi connectivity index (χ2n) is 7.24. The average molecular weight is 356 g/mol. The highest BCUT2D eigenvalue weighted by Gasteiger charge is 2.52. The Kier molecular flexibility index (Phi) is 5.21. The summed E-state index contributed by atoms with van der Waals surface area (Å²) in [6, 6.07) is 19.4. The third-order valence-corrected chi connectivity index (χ3v) is 5.41. The van der Waals surface area contributed by atoms with Gasteiger partial charge in [0.1, 0.15) is 11.4 Å². The highest BCUT2D eigenvalue weighted by molar-refractivity contribution is 5.85. The van der Waals surface area contributed by atoms with Crippen LogP contribution in [0.25, 0.3) is 0 Å². The van der Waals surface area contributed by atoms with Crippen molar-refractivity contribution in [1.82, 2.24) is 4.90 Å². The van der Waals surface area contributed by atoms with Gasteiger partial charge in [-0.2, -0.15) is 0 Å². The number of hydrogen-bond acceptors (Lipinski definition) is 2. The Morgan fingerprint density at radius 1 is 1.12 bits per heavy atom. The van der Waals surface area contributed by atoms with Crippen LogP contribution in [0.4, 0.5) is 0 Å². The van der Waals surface area contributed by atoms with Gasteiger partial charge in [-0.15, -0.1) is 12.4 Å². The van der Waals surface area contributed by atoms with E-state index >= 15 is 0 Å². The zero-order valence-electron chi connectivity index (χ0n) is 14.9. The maximum atomic E-state index is 6.62. The lowest BCUT2D eigenvalue weighted by molar-refractivity contribution is 0.00300. The van der Waals surface area contributed by atoms with Crippen LogP contribution < -0.4 is 4.74 Å². The van der Waals surface area contributed by atoms with Crippen LogP contribution in [0, 0.1) is 0 Å². The predicted octanol–water partition coefficient (Wildman–Crippen LogP) is 5.15. The first-order chi connectivity index (χ1) is 11.7. The maximum Gasteiger partial charge on any atom is 0.143 e. The Morgan fingerprint density at radius 2 is 1.84 bits per heavy atom. The van der Waals surface area contributed by atoms with Crippen LogP contribution in [0.1, 0.15) is 37.3 Å². The largest absolute Gasteiger partial charge is 0.482 e. The number of halogens is 1. The molecule has 0 spiro atoms. The molecule has 25 heavy (non-hydrogen) atoms. The molecule has 2 atom stereocenters. The van der Waals surface area contributed by atoms with Crippen molar-refractivity contribution in [2.24, 2.45) is 0 Å². The van der Waals surface area contributed by atoms with Crippen LogP contribution >= 0.6 is 12.4 Å². The molecule has 4 rings (SSSR count). The second kappa shape index (κ2) is 7.23.